The Bertz CT molecular complexity index is 893. The van der Waals surface area contributed by atoms with Crippen LogP contribution in [0.15, 0.2) is 47.4 Å². The zero-order chi connectivity index (χ0) is 20.6. The minimum absolute atomic E-state index is 0.0965. The fourth-order valence-corrected chi connectivity index (χ4v) is 3.73. The number of rotatable bonds is 10. The van der Waals surface area contributed by atoms with E-state index in [-0.39, 0.29) is 17.4 Å². The van der Waals surface area contributed by atoms with Crippen molar-refractivity contribution in [3.05, 3.63) is 53.6 Å². The highest BCUT2D eigenvalue weighted by Gasteiger charge is 2.16. The maximum absolute atomic E-state index is 12.6. The van der Waals surface area contributed by atoms with E-state index >= 15 is 0 Å². The molecule has 7 heteroatoms. The Morgan fingerprint density at radius 1 is 1.04 bits per heavy atom. The highest BCUT2D eigenvalue weighted by Crippen LogP contribution is 2.23. The van der Waals surface area contributed by atoms with Crippen molar-refractivity contribution in [2.75, 3.05) is 17.9 Å². The average molecular weight is 405 g/mol. The van der Waals surface area contributed by atoms with Gasteiger partial charge in [-0.2, -0.15) is 0 Å². The van der Waals surface area contributed by atoms with Crippen molar-refractivity contribution in [1.82, 2.24) is 5.32 Å². The van der Waals surface area contributed by atoms with Crippen molar-refractivity contribution >= 4 is 21.6 Å². The Morgan fingerprint density at radius 2 is 1.75 bits per heavy atom. The lowest BCUT2D eigenvalue weighted by Crippen LogP contribution is -2.29. The van der Waals surface area contributed by atoms with E-state index in [0.717, 1.165) is 24.8 Å². The molecule has 0 heterocycles. The Labute approximate surface area is 167 Å². The van der Waals surface area contributed by atoms with Gasteiger partial charge in [0.05, 0.1) is 4.90 Å². The van der Waals surface area contributed by atoms with Gasteiger partial charge < -0.3 is 10.1 Å². The number of nitrogens with one attached hydrogen (secondary N) is 2. The second-order valence-corrected chi connectivity index (χ2v) is 8.43. The van der Waals surface area contributed by atoms with Crippen LogP contribution in [0, 0.1) is 13.8 Å². The van der Waals surface area contributed by atoms with Gasteiger partial charge in [0, 0.05) is 12.2 Å². The van der Waals surface area contributed by atoms with Gasteiger partial charge in [-0.3, -0.25) is 9.52 Å². The minimum atomic E-state index is -3.70. The van der Waals surface area contributed by atoms with Gasteiger partial charge >= 0.3 is 0 Å². The predicted octanol–water partition coefficient (Wildman–Crippen LogP) is 3.79. The summed E-state index contributed by atoms with van der Waals surface area (Å²) in [6, 6.07) is 11.7. The van der Waals surface area contributed by atoms with E-state index in [9.17, 15) is 13.2 Å². The van der Waals surface area contributed by atoms with Gasteiger partial charge in [-0.1, -0.05) is 37.5 Å². The summed E-state index contributed by atoms with van der Waals surface area (Å²) in [5.41, 5.74) is 2.20. The van der Waals surface area contributed by atoms with E-state index in [2.05, 4.69) is 17.0 Å². The highest BCUT2D eigenvalue weighted by molar-refractivity contribution is 7.92. The van der Waals surface area contributed by atoms with Gasteiger partial charge in [0.25, 0.3) is 15.9 Å². The van der Waals surface area contributed by atoms with Crippen LogP contribution in [0.5, 0.6) is 5.75 Å². The average Bonchev–Trinajstić information content (AvgIpc) is 2.66. The smallest absolute Gasteiger partial charge is 0.261 e. The first-order valence-corrected chi connectivity index (χ1v) is 10.9. The number of anilines is 1. The van der Waals surface area contributed by atoms with Gasteiger partial charge in [-0.25, -0.2) is 8.42 Å². The molecule has 0 unspecified atom stereocenters. The normalized spacial score (nSPS) is 11.1. The van der Waals surface area contributed by atoms with Crippen molar-refractivity contribution in [2.45, 2.75) is 44.9 Å². The summed E-state index contributed by atoms with van der Waals surface area (Å²) in [6.07, 6.45) is 3.12. The van der Waals surface area contributed by atoms with Crippen molar-refractivity contribution < 1.29 is 17.9 Å². The Morgan fingerprint density at radius 3 is 2.39 bits per heavy atom. The van der Waals surface area contributed by atoms with Gasteiger partial charge in [0.1, 0.15) is 5.75 Å². The molecule has 0 aliphatic carbocycles. The number of carbonyl (C=O) groups is 1. The number of aryl methyl sites for hydroxylation is 2. The SMILES string of the molecule is CCCCCNC(=O)COc1ccc(S(=O)(=O)Nc2ccc(C)cc2)cc1C. The molecule has 0 spiro atoms. The number of ether oxygens (including phenoxy) is 1. The summed E-state index contributed by atoms with van der Waals surface area (Å²) >= 11 is 0. The summed E-state index contributed by atoms with van der Waals surface area (Å²) in [5, 5.41) is 2.80. The summed E-state index contributed by atoms with van der Waals surface area (Å²) in [6.45, 7) is 6.33. The van der Waals surface area contributed by atoms with Crippen molar-refractivity contribution in [3.63, 3.8) is 0 Å². The highest BCUT2D eigenvalue weighted by atomic mass is 32.2. The fraction of sp³-hybridized carbons (Fsp3) is 0.381. The number of hydrogen-bond donors (Lipinski definition) is 2. The van der Waals surface area contributed by atoms with Crippen LogP contribution >= 0.6 is 0 Å². The quantitative estimate of drug-likeness (QED) is 0.590. The molecule has 0 fully saturated rings. The summed E-state index contributed by atoms with van der Waals surface area (Å²) in [5.74, 6) is 0.297. The number of amides is 1. The Balaban J connectivity index is 1.97. The maximum atomic E-state index is 12.6. The Kier molecular flexibility index (Phi) is 7.87. The number of carbonyl (C=O) groups excluding carboxylic acids is 1. The second kappa shape index (κ2) is 10.1. The van der Waals surface area contributed by atoms with Crippen LogP contribution in [-0.4, -0.2) is 27.5 Å². The van der Waals surface area contributed by atoms with Gasteiger partial charge in [0.15, 0.2) is 6.61 Å². The van der Waals surface area contributed by atoms with E-state index in [1.807, 2.05) is 19.1 Å². The largest absolute Gasteiger partial charge is 0.484 e. The molecule has 2 N–H and O–H groups in total. The van der Waals surface area contributed by atoms with Gasteiger partial charge in [-0.05, 0) is 56.2 Å². The molecule has 152 valence electrons. The first-order valence-electron chi connectivity index (χ1n) is 9.41. The molecule has 6 nitrogen and oxygen atoms in total. The lowest BCUT2D eigenvalue weighted by Gasteiger charge is -2.12. The molecule has 28 heavy (non-hydrogen) atoms. The van der Waals surface area contributed by atoms with Crippen LogP contribution in [0.3, 0.4) is 0 Å². The third-order valence-corrected chi connectivity index (χ3v) is 5.60. The second-order valence-electron chi connectivity index (χ2n) is 6.74. The van der Waals surface area contributed by atoms with Crippen LogP contribution in [-0.2, 0) is 14.8 Å². The van der Waals surface area contributed by atoms with Crippen molar-refractivity contribution in [3.8, 4) is 5.75 Å². The minimum Gasteiger partial charge on any atom is -0.484 e. The fourth-order valence-electron chi connectivity index (χ4n) is 2.58. The first-order chi connectivity index (χ1) is 13.3. The lowest BCUT2D eigenvalue weighted by atomic mass is 10.2. The Hall–Kier alpha value is -2.54. The number of hydrogen-bond acceptors (Lipinski definition) is 4. The number of benzene rings is 2. The van der Waals surface area contributed by atoms with Crippen LogP contribution < -0.4 is 14.8 Å². The van der Waals surface area contributed by atoms with Crippen LogP contribution in [0.2, 0.25) is 0 Å². The van der Waals surface area contributed by atoms with E-state index in [1.165, 1.54) is 12.1 Å². The summed E-state index contributed by atoms with van der Waals surface area (Å²) in [7, 11) is -3.70. The first kappa shape index (κ1) is 21.8. The standard InChI is InChI=1S/C21H28N2O4S/c1-4-5-6-13-22-21(24)15-27-20-12-11-19(14-17(20)3)28(25,26)23-18-9-7-16(2)8-10-18/h7-12,14,23H,4-6,13,15H2,1-3H3,(H,22,24). The molecule has 0 aliphatic rings. The number of sulfonamides is 1. The van der Waals surface area contributed by atoms with E-state index in [0.29, 0.717) is 23.5 Å². The van der Waals surface area contributed by atoms with Crippen molar-refractivity contribution in [2.24, 2.45) is 0 Å². The summed E-state index contributed by atoms with van der Waals surface area (Å²) < 4.78 is 33.2. The monoisotopic (exact) mass is 404 g/mol. The lowest BCUT2D eigenvalue weighted by molar-refractivity contribution is -0.123. The molecule has 2 aromatic carbocycles. The third kappa shape index (κ3) is 6.56. The van der Waals surface area contributed by atoms with Crippen LogP contribution in [0.4, 0.5) is 5.69 Å². The topological polar surface area (TPSA) is 84.5 Å². The van der Waals surface area contributed by atoms with Crippen LogP contribution in [0.25, 0.3) is 0 Å². The molecule has 1 amide bonds. The molecule has 0 aliphatic heterocycles. The molecule has 0 bridgehead atoms. The van der Waals surface area contributed by atoms with E-state index < -0.39 is 10.0 Å². The van der Waals surface area contributed by atoms with E-state index in [4.69, 9.17) is 4.74 Å². The molecule has 0 atom stereocenters. The molecule has 0 aromatic heterocycles. The van der Waals surface area contributed by atoms with E-state index in [1.54, 1.807) is 25.1 Å². The third-order valence-electron chi connectivity index (χ3n) is 4.22. The number of unbranched alkanes of at least 4 members (excludes halogenated alkanes) is 2. The predicted molar refractivity (Wildman–Crippen MR) is 111 cm³/mol. The van der Waals surface area contributed by atoms with Gasteiger partial charge in [-0.15, -0.1) is 0 Å². The molecule has 2 aromatic rings. The zero-order valence-electron chi connectivity index (χ0n) is 16.6. The zero-order valence-corrected chi connectivity index (χ0v) is 17.4. The van der Waals surface area contributed by atoms with Crippen LogP contribution in [0.1, 0.15) is 37.3 Å². The van der Waals surface area contributed by atoms with Gasteiger partial charge in [0.2, 0.25) is 0 Å². The summed E-state index contributed by atoms with van der Waals surface area (Å²) in [4.78, 5) is 11.9. The van der Waals surface area contributed by atoms with Crippen molar-refractivity contribution in [1.29, 1.82) is 0 Å². The molecular weight excluding hydrogens is 376 g/mol. The molecular formula is C21H28N2O4S. The maximum Gasteiger partial charge on any atom is 0.261 e. The molecule has 0 saturated heterocycles. The molecule has 0 radical (unpaired) electrons. The molecule has 2 rings (SSSR count). The molecule has 0 saturated carbocycles.